The van der Waals surface area contributed by atoms with Crippen molar-refractivity contribution in [3.8, 4) is 5.88 Å². The van der Waals surface area contributed by atoms with Gasteiger partial charge in [-0.2, -0.15) is 4.37 Å². The second-order valence-electron chi connectivity index (χ2n) is 4.39. The van der Waals surface area contributed by atoms with Gasteiger partial charge in [0.25, 0.3) is 5.88 Å². The van der Waals surface area contributed by atoms with E-state index in [-0.39, 0.29) is 0 Å². The zero-order valence-corrected chi connectivity index (χ0v) is 11.1. The Labute approximate surface area is 109 Å². The van der Waals surface area contributed by atoms with Crippen molar-refractivity contribution in [2.45, 2.75) is 37.2 Å². The first-order chi connectivity index (χ1) is 8.23. The lowest BCUT2D eigenvalue weighted by atomic mass is 10.00. The lowest BCUT2D eigenvalue weighted by molar-refractivity contribution is 0.328. The number of alkyl halides is 1. The molecule has 17 heavy (non-hydrogen) atoms. The van der Waals surface area contributed by atoms with E-state index in [1.165, 1.54) is 11.7 Å². The molecule has 0 aliphatic carbocycles. The highest BCUT2D eigenvalue weighted by molar-refractivity contribution is 6.99. The van der Waals surface area contributed by atoms with Crippen LogP contribution in [-0.4, -0.2) is 26.4 Å². The summed E-state index contributed by atoms with van der Waals surface area (Å²) in [7, 11) is 0. The second kappa shape index (κ2) is 4.23. The maximum atomic E-state index is 6.63. The minimum Gasteiger partial charge on any atom is -0.476 e. The van der Waals surface area contributed by atoms with Gasteiger partial charge in [0.15, 0.2) is 0 Å². The Hall–Kier alpha value is -0.650. The Morgan fingerprint density at radius 2 is 2.53 bits per heavy atom. The van der Waals surface area contributed by atoms with Gasteiger partial charge in [-0.3, -0.25) is 5.32 Å². The molecule has 92 valence electrons. The molecule has 1 aromatic rings. The van der Waals surface area contributed by atoms with Gasteiger partial charge in [0, 0.05) is 11.6 Å². The average Bonchev–Trinajstić information content (AvgIpc) is 2.86. The van der Waals surface area contributed by atoms with Gasteiger partial charge < -0.3 is 4.74 Å². The van der Waals surface area contributed by atoms with Crippen LogP contribution in [0.15, 0.2) is 6.08 Å². The quantitative estimate of drug-likeness (QED) is 0.677. The summed E-state index contributed by atoms with van der Waals surface area (Å²) in [6.45, 7) is 2.54. The Balaban J connectivity index is 1.98. The largest absolute Gasteiger partial charge is 0.476 e. The standard InChI is InChI=1S/C11H14ClN3OS/c1-2-16-10-9(14-17-15-10)8-4-3-7-5-6-11(8,12)13-7/h4,7,13H,2-3,5-6H2,1H3. The van der Waals surface area contributed by atoms with Crippen molar-refractivity contribution < 1.29 is 4.74 Å². The van der Waals surface area contributed by atoms with E-state index in [2.05, 4.69) is 20.1 Å². The van der Waals surface area contributed by atoms with Gasteiger partial charge in [-0.1, -0.05) is 17.7 Å². The summed E-state index contributed by atoms with van der Waals surface area (Å²) in [4.78, 5) is -0.468. The topological polar surface area (TPSA) is 47.0 Å². The molecule has 4 nitrogen and oxygen atoms in total. The van der Waals surface area contributed by atoms with Gasteiger partial charge in [-0.05, 0) is 26.2 Å². The SMILES string of the molecule is CCOc1nsnc1C1=CCC2CCC1(Cl)N2. The molecule has 3 heterocycles. The van der Waals surface area contributed by atoms with E-state index in [9.17, 15) is 0 Å². The molecule has 0 amide bonds. The van der Waals surface area contributed by atoms with Crippen LogP contribution < -0.4 is 10.1 Å². The maximum Gasteiger partial charge on any atom is 0.253 e. The summed E-state index contributed by atoms with van der Waals surface area (Å²) >= 11 is 7.81. The van der Waals surface area contributed by atoms with Crippen molar-refractivity contribution in [1.82, 2.24) is 14.1 Å². The Morgan fingerprint density at radius 1 is 1.65 bits per heavy atom. The molecular weight excluding hydrogens is 258 g/mol. The van der Waals surface area contributed by atoms with Crippen molar-refractivity contribution in [2.75, 3.05) is 6.61 Å². The van der Waals surface area contributed by atoms with Crippen LogP contribution in [-0.2, 0) is 0 Å². The second-order valence-corrected chi connectivity index (χ2v) is 5.56. The van der Waals surface area contributed by atoms with Gasteiger partial charge in [-0.15, -0.1) is 4.37 Å². The maximum absolute atomic E-state index is 6.63. The molecule has 0 spiro atoms. The molecule has 2 aliphatic heterocycles. The number of fused-ring (bicyclic) bond motifs is 2. The van der Waals surface area contributed by atoms with Crippen LogP contribution in [0.5, 0.6) is 5.88 Å². The minimum atomic E-state index is -0.468. The number of halogens is 1. The van der Waals surface area contributed by atoms with Gasteiger partial charge in [0.05, 0.1) is 18.3 Å². The number of aromatic nitrogens is 2. The number of ether oxygens (including phenoxy) is 1. The first-order valence-corrected chi connectivity index (χ1v) is 6.97. The third kappa shape index (κ3) is 1.86. The molecule has 1 saturated heterocycles. The summed E-state index contributed by atoms with van der Waals surface area (Å²) in [5, 5.41) is 3.45. The molecule has 2 atom stereocenters. The highest BCUT2D eigenvalue weighted by Gasteiger charge is 2.44. The molecule has 3 rings (SSSR count). The van der Waals surface area contributed by atoms with E-state index in [0.29, 0.717) is 18.5 Å². The molecule has 2 unspecified atom stereocenters. The zero-order valence-electron chi connectivity index (χ0n) is 9.57. The average molecular weight is 272 g/mol. The molecule has 6 heteroatoms. The van der Waals surface area contributed by atoms with Crippen LogP contribution >= 0.6 is 23.3 Å². The molecule has 0 aromatic carbocycles. The monoisotopic (exact) mass is 271 g/mol. The van der Waals surface area contributed by atoms with Crippen LogP contribution in [0.25, 0.3) is 5.57 Å². The fourth-order valence-corrected chi connectivity index (χ4v) is 3.46. The van der Waals surface area contributed by atoms with E-state index in [1.54, 1.807) is 0 Å². The third-order valence-corrected chi connectivity index (χ3v) is 4.31. The Bertz CT molecular complexity index is 461. The first-order valence-electron chi connectivity index (χ1n) is 5.86. The van der Waals surface area contributed by atoms with Gasteiger partial charge in [-0.25, -0.2) is 0 Å². The van der Waals surface area contributed by atoms with Crippen molar-refractivity contribution in [2.24, 2.45) is 0 Å². The summed E-state index contributed by atoms with van der Waals surface area (Å²) in [5.74, 6) is 0.607. The minimum absolute atomic E-state index is 0.468. The molecule has 1 N–H and O–H groups in total. The number of hydrogen-bond donors (Lipinski definition) is 1. The zero-order chi connectivity index (χ0) is 11.9. The lowest BCUT2D eigenvalue weighted by Gasteiger charge is -2.29. The molecular formula is C11H14ClN3OS. The van der Waals surface area contributed by atoms with Crippen molar-refractivity contribution >= 4 is 28.9 Å². The van der Waals surface area contributed by atoms with Gasteiger partial charge >= 0.3 is 0 Å². The van der Waals surface area contributed by atoms with Crippen LogP contribution in [0, 0.1) is 0 Å². The van der Waals surface area contributed by atoms with Crippen LogP contribution in [0.1, 0.15) is 31.9 Å². The van der Waals surface area contributed by atoms with E-state index in [0.717, 1.165) is 30.5 Å². The van der Waals surface area contributed by atoms with Gasteiger partial charge in [0.2, 0.25) is 0 Å². The van der Waals surface area contributed by atoms with Crippen molar-refractivity contribution in [3.05, 3.63) is 11.8 Å². The number of rotatable bonds is 3. The van der Waals surface area contributed by atoms with Gasteiger partial charge in [0.1, 0.15) is 10.7 Å². The molecule has 2 aliphatic rings. The predicted molar refractivity (Wildman–Crippen MR) is 68.4 cm³/mol. The van der Waals surface area contributed by atoms with E-state index in [1.807, 2.05) is 6.92 Å². The smallest absolute Gasteiger partial charge is 0.253 e. The number of hydrogen-bond acceptors (Lipinski definition) is 5. The molecule has 1 aromatic heterocycles. The van der Waals surface area contributed by atoms with E-state index in [4.69, 9.17) is 16.3 Å². The molecule has 1 fully saturated rings. The fourth-order valence-electron chi connectivity index (χ4n) is 2.51. The third-order valence-electron chi connectivity index (χ3n) is 3.30. The normalized spacial score (nSPS) is 31.4. The summed E-state index contributed by atoms with van der Waals surface area (Å²) in [5.41, 5.74) is 1.84. The van der Waals surface area contributed by atoms with E-state index >= 15 is 0 Å². The first kappa shape index (κ1) is 11.4. The van der Waals surface area contributed by atoms with Crippen LogP contribution in [0.3, 0.4) is 0 Å². The van der Waals surface area contributed by atoms with Crippen LogP contribution in [0.4, 0.5) is 0 Å². The van der Waals surface area contributed by atoms with Crippen LogP contribution in [0.2, 0.25) is 0 Å². The highest BCUT2D eigenvalue weighted by atomic mass is 35.5. The predicted octanol–water partition coefficient (Wildman–Crippen LogP) is 2.41. The molecule has 2 bridgehead atoms. The van der Waals surface area contributed by atoms with E-state index < -0.39 is 5.00 Å². The van der Waals surface area contributed by atoms with Crippen molar-refractivity contribution in [3.63, 3.8) is 0 Å². The Kier molecular flexibility index (Phi) is 2.84. The van der Waals surface area contributed by atoms with Crippen molar-refractivity contribution in [1.29, 1.82) is 0 Å². The lowest BCUT2D eigenvalue weighted by Crippen LogP contribution is -2.41. The fraction of sp³-hybridized carbons (Fsp3) is 0.636. The molecule has 0 saturated carbocycles. The summed E-state index contributed by atoms with van der Waals surface area (Å²) in [6.07, 6.45) is 5.24. The molecule has 0 radical (unpaired) electrons. The number of nitrogens with zero attached hydrogens (tertiary/aromatic N) is 2. The highest BCUT2D eigenvalue weighted by Crippen LogP contribution is 2.45. The Morgan fingerprint density at radius 3 is 3.35 bits per heavy atom. The summed E-state index contributed by atoms with van der Waals surface area (Å²) in [6, 6.07) is 0.512. The number of nitrogens with one attached hydrogen (secondary N) is 1. The summed E-state index contributed by atoms with van der Waals surface area (Å²) < 4.78 is 14.0.